The van der Waals surface area contributed by atoms with Crippen molar-refractivity contribution in [1.29, 1.82) is 0 Å². The van der Waals surface area contributed by atoms with Crippen LogP contribution in [0.3, 0.4) is 0 Å². The highest BCUT2D eigenvalue weighted by Gasteiger charge is 2.35. The molecule has 1 atom stereocenters. The Morgan fingerprint density at radius 1 is 0.446 bits per heavy atom. The summed E-state index contributed by atoms with van der Waals surface area (Å²) in [4.78, 5) is 0. The molecule has 0 radical (unpaired) electrons. The van der Waals surface area contributed by atoms with E-state index >= 15 is 0 Å². The third kappa shape index (κ3) is 5.47. The molecule has 0 spiro atoms. The number of rotatable bonds is 5. The molecule has 1 aliphatic rings. The molecule has 0 saturated heterocycles. The summed E-state index contributed by atoms with van der Waals surface area (Å²) in [6.45, 7) is 0. The summed E-state index contributed by atoms with van der Waals surface area (Å²) < 4.78 is 17.4. The normalized spacial score (nSPS) is 13.9. The second kappa shape index (κ2) is 13.7. The third-order valence-corrected chi connectivity index (χ3v) is 14.9. The number of hydrogen-bond acceptors (Lipinski definition) is 3. The van der Waals surface area contributed by atoms with Crippen LogP contribution in [0.1, 0.15) is 17.2 Å². The molecule has 2 heterocycles. The fraction of sp³-hybridized carbons (Fsp3) is 0.0196. The summed E-state index contributed by atoms with van der Waals surface area (Å²) in [6.07, 6.45) is 4.64. The van der Waals surface area contributed by atoms with E-state index in [1.165, 1.54) is 43.0 Å². The van der Waals surface area contributed by atoms with E-state index in [9.17, 15) is 0 Å². The van der Waals surface area contributed by atoms with Crippen molar-refractivity contribution in [3.63, 3.8) is 0 Å². The van der Waals surface area contributed by atoms with Crippen LogP contribution in [-0.4, -0.2) is 0 Å². The highest BCUT2D eigenvalue weighted by molar-refractivity contribution is 7.80. The molecule has 0 aliphatic carbocycles. The lowest BCUT2D eigenvalue weighted by Crippen LogP contribution is -2.30. The van der Waals surface area contributed by atoms with E-state index in [2.05, 4.69) is 211 Å². The van der Waals surface area contributed by atoms with Crippen LogP contribution in [0.5, 0.6) is 0 Å². The smallest absolute Gasteiger partial charge is 0.342 e. The summed E-state index contributed by atoms with van der Waals surface area (Å²) in [7, 11) is -2.76. The van der Waals surface area contributed by atoms with Gasteiger partial charge in [0, 0.05) is 16.1 Å². The SMILES string of the molecule is C1=C[C@H](c2cccc3ccccc23)N(p2oc3ccc4ccccc4c3c3c(ccc4ccccc43)o2)c2c1cccc2P(c1ccccc1)c1ccccc1. The molecule has 0 saturated carbocycles. The topological polar surface area (TPSA) is 29.5 Å². The molecule has 3 nitrogen and oxygen atoms in total. The van der Waals surface area contributed by atoms with Crippen molar-refractivity contribution in [3.05, 3.63) is 211 Å². The number of nitrogens with zero attached hydrogens (tertiary/aromatic N) is 1. The van der Waals surface area contributed by atoms with Crippen LogP contribution < -0.4 is 20.6 Å². The lowest BCUT2D eigenvalue weighted by Gasteiger charge is -2.36. The van der Waals surface area contributed by atoms with Gasteiger partial charge in [-0.3, -0.25) is 4.67 Å². The molecule has 0 fully saturated rings. The molecule has 0 unspecified atom stereocenters. The van der Waals surface area contributed by atoms with Gasteiger partial charge in [-0.1, -0.05) is 194 Å². The quantitative estimate of drug-likeness (QED) is 0.164. The van der Waals surface area contributed by atoms with Crippen LogP contribution in [0, 0.1) is 0 Å². The van der Waals surface area contributed by atoms with E-state index in [0.717, 1.165) is 44.0 Å². The molecule has 0 bridgehead atoms. The summed E-state index contributed by atoms with van der Waals surface area (Å²) in [5.74, 6) is 0. The van der Waals surface area contributed by atoms with Gasteiger partial charge in [-0.25, -0.2) is 0 Å². The molecule has 0 amide bonds. The second-order valence-electron chi connectivity index (χ2n) is 14.2. The van der Waals surface area contributed by atoms with E-state index in [-0.39, 0.29) is 6.04 Å². The third-order valence-electron chi connectivity index (χ3n) is 11.0. The van der Waals surface area contributed by atoms with Crippen molar-refractivity contribution in [2.24, 2.45) is 0 Å². The zero-order valence-corrected chi connectivity index (χ0v) is 32.2. The fourth-order valence-electron chi connectivity index (χ4n) is 8.48. The Labute approximate surface area is 327 Å². The Hall–Kier alpha value is -6.37. The predicted octanol–water partition coefficient (Wildman–Crippen LogP) is 13.5. The van der Waals surface area contributed by atoms with Gasteiger partial charge in [-0.15, -0.1) is 0 Å². The Balaban J connectivity index is 1.28. The first-order valence-electron chi connectivity index (χ1n) is 19.0. The molecule has 11 rings (SSSR count). The zero-order chi connectivity index (χ0) is 37.0. The molecule has 5 heteroatoms. The Morgan fingerprint density at radius 3 is 1.55 bits per heavy atom. The van der Waals surface area contributed by atoms with Crippen molar-refractivity contribution in [2.45, 2.75) is 6.04 Å². The summed E-state index contributed by atoms with van der Waals surface area (Å²) in [6, 6.07) is 69.7. The Morgan fingerprint density at radius 2 is 0.946 bits per heavy atom. The number of hydrogen-bond donors (Lipinski definition) is 0. The van der Waals surface area contributed by atoms with Crippen LogP contribution >= 0.6 is 16.1 Å². The highest BCUT2D eigenvalue weighted by atomic mass is 31.1. The van der Waals surface area contributed by atoms with Crippen molar-refractivity contribution < 1.29 is 8.39 Å². The molecule has 1 aromatic heterocycles. The van der Waals surface area contributed by atoms with Gasteiger partial charge < -0.3 is 8.39 Å². The molecule has 56 heavy (non-hydrogen) atoms. The molecular formula is C51H35NO2P2. The molecule has 266 valence electrons. The van der Waals surface area contributed by atoms with E-state index in [1.54, 1.807) is 0 Å². The molecule has 9 aromatic carbocycles. The Bertz CT molecular complexity index is 3030. The Kier molecular flexibility index (Phi) is 8.09. The van der Waals surface area contributed by atoms with Crippen molar-refractivity contribution in [3.8, 4) is 0 Å². The maximum Gasteiger partial charge on any atom is 0.342 e. The minimum Gasteiger partial charge on any atom is -0.404 e. The minimum absolute atomic E-state index is 0.185. The predicted molar refractivity (Wildman–Crippen MR) is 240 cm³/mol. The molecule has 10 aromatic rings. The van der Waals surface area contributed by atoms with Gasteiger partial charge in [0.25, 0.3) is 0 Å². The van der Waals surface area contributed by atoms with Crippen LogP contribution in [0.2, 0.25) is 0 Å². The lowest BCUT2D eigenvalue weighted by molar-refractivity contribution is 0.626. The maximum absolute atomic E-state index is 7.44. The van der Waals surface area contributed by atoms with E-state index < -0.39 is 16.1 Å². The first kappa shape index (κ1) is 33.0. The first-order chi connectivity index (χ1) is 27.8. The molecule has 0 N–H and O–H groups in total. The average Bonchev–Trinajstić information content (AvgIpc) is 3.44. The monoisotopic (exact) mass is 755 g/mol. The number of para-hydroxylation sites is 1. The van der Waals surface area contributed by atoms with Gasteiger partial charge in [-0.05, 0) is 74.1 Å². The standard InChI is InChI=1S/C51H35NO2P2/c1-3-20-39(21-4-1)55(40-22-5-2-6-23-40)48-28-14-19-38-29-32-45(44-27-13-18-35-15-7-10-24-41(35)44)52(51(38)48)56-53-46-33-30-36-16-8-11-25-42(36)49(46)50-43-26-12-9-17-37(43)31-34-47(50)54-56/h1-34,45H/t45-/m1/s1. The van der Waals surface area contributed by atoms with Gasteiger partial charge >= 0.3 is 8.16 Å². The van der Waals surface area contributed by atoms with Crippen LogP contribution in [0.4, 0.5) is 5.69 Å². The summed E-state index contributed by atoms with van der Waals surface area (Å²) >= 11 is 0. The van der Waals surface area contributed by atoms with E-state index in [0.29, 0.717) is 0 Å². The largest absolute Gasteiger partial charge is 0.404 e. The fourth-order valence-corrected chi connectivity index (χ4v) is 12.7. The van der Waals surface area contributed by atoms with Crippen LogP contribution in [0.25, 0.3) is 60.3 Å². The average molecular weight is 756 g/mol. The van der Waals surface area contributed by atoms with Crippen molar-refractivity contribution in [2.75, 3.05) is 4.67 Å². The van der Waals surface area contributed by atoms with E-state index in [1.807, 2.05) is 0 Å². The number of benzene rings is 9. The maximum atomic E-state index is 7.44. The molecular weight excluding hydrogens is 721 g/mol. The van der Waals surface area contributed by atoms with Crippen molar-refractivity contribution >= 4 is 98.0 Å². The summed E-state index contributed by atoms with van der Waals surface area (Å²) in [5.41, 5.74) is 5.14. The number of anilines is 1. The highest BCUT2D eigenvalue weighted by Crippen LogP contribution is 2.53. The number of fused-ring (bicyclic) bond motifs is 9. The minimum atomic E-state index is -1.79. The lowest BCUT2D eigenvalue weighted by atomic mass is 9.95. The van der Waals surface area contributed by atoms with Gasteiger partial charge in [0.2, 0.25) is 0 Å². The van der Waals surface area contributed by atoms with Gasteiger partial charge in [0.15, 0.2) is 0 Å². The van der Waals surface area contributed by atoms with Gasteiger partial charge in [0.1, 0.15) is 11.2 Å². The second-order valence-corrected chi connectivity index (χ2v) is 17.6. The molecule has 1 aliphatic heterocycles. The summed E-state index contributed by atoms with van der Waals surface area (Å²) in [5, 5.41) is 13.0. The van der Waals surface area contributed by atoms with Crippen molar-refractivity contribution in [1.82, 2.24) is 0 Å². The van der Waals surface area contributed by atoms with Gasteiger partial charge in [0.05, 0.1) is 11.7 Å². The van der Waals surface area contributed by atoms with E-state index in [4.69, 9.17) is 8.39 Å². The van der Waals surface area contributed by atoms with Gasteiger partial charge in [-0.2, -0.15) is 0 Å². The van der Waals surface area contributed by atoms with Crippen LogP contribution in [-0.2, 0) is 0 Å². The first-order valence-corrected chi connectivity index (χ1v) is 21.5. The zero-order valence-electron chi connectivity index (χ0n) is 30.4. The van der Waals surface area contributed by atoms with Crippen LogP contribution in [0.15, 0.2) is 209 Å².